The fourth-order valence-corrected chi connectivity index (χ4v) is 6.16. The van der Waals surface area contributed by atoms with Gasteiger partial charge in [0.15, 0.2) is 5.78 Å². The van der Waals surface area contributed by atoms with Crippen molar-refractivity contribution < 1.29 is 9.59 Å². The predicted octanol–water partition coefficient (Wildman–Crippen LogP) is 6.07. The van der Waals surface area contributed by atoms with Crippen LogP contribution in [0.25, 0.3) is 0 Å². The van der Waals surface area contributed by atoms with Crippen molar-refractivity contribution in [3.05, 3.63) is 62.3 Å². The molecule has 0 radical (unpaired) electrons. The number of benzene rings is 1. The van der Waals surface area contributed by atoms with Gasteiger partial charge in [0, 0.05) is 10.6 Å². The van der Waals surface area contributed by atoms with Crippen molar-refractivity contribution in [1.82, 2.24) is 0 Å². The molecule has 1 amide bonds. The molecule has 1 aromatic carbocycles. The maximum atomic E-state index is 13.3. The summed E-state index contributed by atoms with van der Waals surface area (Å²) in [5.74, 6) is -0.373. The second kappa shape index (κ2) is 8.42. The number of anilines is 3. The van der Waals surface area contributed by atoms with Gasteiger partial charge < -0.3 is 10.6 Å². The van der Waals surface area contributed by atoms with Crippen LogP contribution in [0.1, 0.15) is 61.4 Å². The van der Waals surface area contributed by atoms with Crippen LogP contribution >= 0.6 is 22.7 Å². The lowest BCUT2D eigenvalue weighted by Crippen LogP contribution is -2.14. The van der Waals surface area contributed by atoms with Crippen LogP contribution in [-0.4, -0.2) is 11.7 Å². The highest BCUT2D eigenvalue weighted by molar-refractivity contribution is 7.19. The number of ketones is 1. The number of carbonyl (C=O) groups excluding carboxylic acids is 2. The molecule has 0 spiro atoms. The third-order valence-corrected chi connectivity index (χ3v) is 7.75. The molecule has 2 aromatic heterocycles. The van der Waals surface area contributed by atoms with Crippen LogP contribution in [0.15, 0.2) is 30.3 Å². The van der Waals surface area contributed by atoms with E-state index in [4.69, 9.17) is 0 Å². The van der Waals surface area contributed by atoms with Crippen LogP contribution in [-0.2, 0) is 12.8 Å². The number of nitrogens with zero attached hydrogens (tertiary/aromatic N) is 1. The average Bonchev–Trinajstić information content (AvgIpc) is 3.25. The zero-order valence-electron chi connectivity index (χ0n) is 16.8. The zero-order valence-corrected chi connectivity index (χ0v) is 18.4. The molecule has 0 atom stereocenters. The average molecular weight is 436 g/mol. The van der Waals surface area contributed by atoms with Crippen molar-refractivity contribution in [2.75, 3.05) is 10.6 Å². The van der Waals surface area contributed by atoms with E-state index in [9.17, 15) is 14.9 Å². The molecule has 0 fully saturated rings. The summed E-state index contributed by atoms with van der Waals surface area (Å²) in [6, 6.07) is 11.8. The summed E-state index contributed by atoms with van der Waals surface area (Å²) < 4.78 is 0. The molecule has 2 N–H and O–H groups in total. The molecule has 0 bridgehead atoms. The molecule has 1 aliphatic rings. The van der Waals surface area contributed by atoms with Gasteiger partial charge in [-0.05, 0) is 62.8 Å². The van der Waals surface area contributed by atoms with E-state index in [1.807, 2.05) is 30.3 Å². The van der Waals surface area contributed by atoms with E-state index < -0.39 is 0 Å². The minimum Gasteiger partial charge on any atom is -0.347 e. The number of nitrogens with one attached hydrogen (secondary N) is 2. The Labute approximate surface area is 183 Å². The predicted molar refractivity (Wildman–Crippen MR) is 122 cm³/mol. The minimum atomic E-state index is -0.301. The van der Waals surface area contributed by atoms with Crippen LogP contribution in [0.2, 0.25) is 0 Å². The SMILES string of the molecule is CC(=O)c1sc(Nc2ccccc2)c(C(=O)Nc2sc3c(c2C#N)CCCC3)c1C. The highest BCUT2D eigenvalue weighted by atomic mass is 32.1. The van der Waals surface area contributed by atoms with Gasteiger partial charge in [-0.3, -0.25) is 9.59 Å². The van der Waals surface area contributed by atoms with Gasteiger partial charge >= 0.3 is 0 Å². The van der Waals surface area contributed by atoms with Gasteiger partial charge in [0.25, 0.3) is 5.91 Å². The number of nitriles is 1. The number of Topliss-reactive ketones (excluding diaryl/α,β-unsaturated/α-hetero) is 1. The first-order valence-electron chi connectivity index (χ1n) is 9.82. The van der Waals surface area contributed by atoms with Crippen LogP contribution in [0.5, 0.6) is 0 Å². The van der Waals surface area contributed by atoms with E-state index in [1.165, 1.54) is 34.5 Å². The monoisotopic (exact) mass is 435 g/mol. The number of rotatable bonds is 5. The number of para-hydroxylation sites is 1. The lowest BCUT2D eigenvalue weighted by Gasteiger charge is -2.10. The van der Waals surface area contributed by atoms with Crippen LogP contribution < -0.4 is 10.6 Å². The molecule has 1 aliphatic carbocycles. The highest BCUT2D eigenvalue weighted by Crippen LogP contribution is 2.40. The Kier molecular flexibility index (Phi) is 5.71. The summed E-state index contributed by atoms with van der Waals surface area (Å²) in [6.45, 7) is 3.30. The van der Waals surface area contributed by atoms with Gasteiger partial charge in [-0.1, -0.05) is 18.2 Å². The quantitative estimate of drug-likeness (QED) is 0.477. The normalized spacial score (nSPS) is 12.7. The van der Waals surface area contributed by atoms with Gasteiger partial charge in [-0.2, -0.15) is 5.26 Å². The van der Waals surface area contributed by atoms with Crippen molar-refractivity contribution in [2.24, 2.45) is 0 Å². The van der Waals surface area contributed by atoms with E-state index >= 15 is 0 Å². The molecule has 2 heterocycles. The van der Waals surface area contributed by atoms with E-state index in [2.05, 4.69) is 16.7 Å². The minimum absolute atomic E-state index is 0.0723. The fraction of sp³-hybridized carbons (Fsp3) is 0.261. The van der Waals surface area contributed by atoms with Crippen molar-refractivity contribution in [2.45, 2.75) is 39.5 Å². The van der Waals surface area contributed by atoms with E-state index in [0.29, 0.717) is 31.6 Å². The van der Waals surface area contributed by atoms with Gasteiger partial charge in [-0.15, -0.1) is 22.7 Å². The molecule has 4 rings (SSSR count). The van der Waals surface area contributed by atoms with E-state index in [-0.39, 0.29) is 11.7 Å². The van der Waals surface area contributed by atoms with Crippen molar-refractivity contribution >= 4 is 50.1 Å². The molecule has 5 nitrogen and oxygen atoms in total. The van der Waals surface area contributed by atoms with Crippen molar-refractivity contribution in [1.29, 1.82) is 5.26 Å². The second-order valence-corrected chi connectivity index (χ2v) is 9.41. The number of amides is 1. The van der Waals surface area contributed by atoms with E-state index in [1.54, 1.807) is 6.92 Å². The lowest BCUT2D eigenvalue weighted by atomic mass is 9.96. The topological polar surface area (TPSA) is 82.0 Å². The number of thiophene rings is 2. The Balaban J connectivity index is 1.71. The number of fused-ring (bicyclic) bond motifs is 1. The molecule has 0 saturated carbocycles. The number of hydrogen-bond donors (Lipinski definition) is 2. The molecule has 7 heteroatoms. The van der Waals surface area contributed by atoms with Crippen LogP contribution in [0, 0.1) is 18.3 Å². The molecule has 30 heavy (non-hydrogen) atoms. The summed E-state index contributed by atoms with van der Waals surface area (Å²) >= 11 is 2.78. The Morgan fingerprint density at radius 2 is 1.80 bits per heavy atom. The highest BCUT2D eigenvalue weighted by Gasteiger charge is 2.26. The van der Waals surface area contributed by atoms with Gasteiger partial charge in [0.2, 0.25) is 0 Å². The Morgan fingerprint density at radius 3 is 2.50 bits per heavy atom. The summed E-state index contributed by atoms with van der Waals surface area (Å²) in [7, 11) is 0. The largest absolute Gasteiger partial charge is 0.347 e. The van der Waals surface area contributed by atoms with Gasteiger partial charge in [-0.25, -0.2) is 0 Å². The van der Waals surface area contributed by atoms with Crippen molar-refractivity contribution in [3.63, 3.8) is 0 Å². The first-order chi connectivity index (χ1) is 14.5. The Morgan fingerprint density at radius 1 is 1.07 bits per heavy atom. The summed E-state index contributed by atoms with van der Waals surface area (Å²) in [6.07, 6.45) is 4.03. The third kappa shape index (κ3) is 3.76. The summed E-state index contributed by atoms with van der Waals surface area (Å²) in [5, 5.41) is 17.2. The van der Waals surface area contributed by atoms with Gasteiger partial charge in [0.1, 0.15) is 16.1 Å². The summed E-state index contributed by atoms with van der Waals surface area (Å²) in [4.78, 5) is 27.2. The molecule has 3 aromatic rings. The Hall–Kier alpha value is -2.95. The molecule has 0 saturated heterocycles. The first-order valence-corrected chi connectivity index (χ1v) is 11.4. The van der Waals surface area contributed by atoms with Crippen LogP contribution in [0.4, 0.5) is 15.7 Å². The Bertz CT molecular complexity index is 1170. The second-order valence-electron chi connectivity index (χ2n) is 7.29. The smallest absolute Gasteiger partial charge is 0.259 e. The molecular weight excluding hydrogens is 414 g/mol. The number of aryl methyl sites for hydroxylation is 1. The van der Waals surface area contributed by atoms with Crippen molar-refractivity contribution in [3.8, 4) is 6.07 Å². The molecular formula is C23H21N3O2S2. The fourth-order valence-electron chi connectivity index (χ4n) is 3.80. The standard InChI is InChI=1S/C23H21N3O2S2/c1-13-19(23(30-20(13)14(2)27)25-15-8-4-3-5-9-15)21(28)26-22-17(12-24)16-10-6-7-11-18(16)29-22/h3-5,8-9,25H,6-7,10-11H2,1-2H3,(H,26,28). The first kappa shape index (κ1) is 20.3. The van der Waals surface area contributed by atoms with E-state index in [0.717, 1.165) is 36.9 Å². The maximum Gasteiger partial charge on any atom is 0.259 e. The van der Waals surface area contributed by atoms with Gasteiger partial charge in [0.05, 0.1) is 16.0 Å². The van der Waals surface area contributed by atoms with Crippen LogP contribution in [0.3, 0.4) is 0 Å². The summed E-state index contributed by atoms with van der Waals surface area (Å²) in [5.41, 5.74) is 3.61. The molecule has 152 valence electrons. The third-order valence-electron chi connectivity index (χ3n) is 5.24. The number of carbonyl (C=O) groups is 2. The maximum absolute atomic E-state index is 13.3. The molecule has 0 aliphatic heterocycles. The molecule has 0 unspecified atom stereocenters. The zero-order chi connectivity index (χ0) is 21.3. The lowest BCUT2D eigenvalue weighted by molar-refractivity contribution is 0.102. The number of hydrogen-bond acceptors (Lipinski definition) is 6.